The van der Waals surface area contributed by atoms with E-state index in [-0.39, 0.29) is 24.5 Å². The Kier molecular flexibility index (Phi) is 7.12. The minimum atomic E-state index is -0.620. The Bertz CT molecular complexity index is 812. The lowest BCUT2D eigenvalue weighted by molar-refractivity contribution is -0.126. The van der Waals surface area contributed by atoms with Crippen LogP contribution in [-0.4, -0.2) is 52.5 Å². The third kappa shape index (κ3) is 4.75. The maximum Gasteiger partial charge on any atom is 0.255 e. The van der Waals surface area contributed by atoms with Gasteiger partial charge in [0.05, 0.1) is 12.6 Å². The van der Waals surface area contributed by atoms with Gasteiger partial charge in [0.25, 0.3) is 5.91 Å². The summed E-state index contributed by atoms with van der Waals surface area (Å²) in [5, 5.41) is 12.6. The first kappa shape index (κ1) is 20.4. The van der Waals surface area contributed by atoms with Gasteiger partial charge in [-0.3, -0.25) is 9.59 Å². The normalized spacial score (nSPS) is 15.2. The van der Waals surface area contributed by atoms with Crippen molar-refractivity contribution in [2.45, 2.75) is 31.5 Å². The molecule has 2 amide bonds. The number of aliphatic hydroxyl groups is 1. The van der Waals surface area contributed by atoms with Gasteiger partial charge in [0.2, 0.25) is 5.91 Å². The van der Waals surface area contributed by atoms with Gasteiger partial charge in [-0.2, -0.15) is 11.8 Å². The molecular weight excluding hydrogens is 372 g/mol. The first-order chi connectivity index (χ1) is 13.6. The van der Waals surface area contributed by atoms with Crippen LogP contribution in [0.3, 0.4) is 0 Å². The van der Waals surface area contributed by atoms with Crippen molar-refractivity contribution in [2.24, 2.45) is 0 Å². The van der Waals surface area contributed by atoms with Gasteiger partial charge in [-0.05, 0) is 35.6 Å². The van der Waals surface area contributed by atoms with Crippen molar-refractivity contribution in [2.75, 3.05) is 18.6 Å². The Labute approximate surface area is 170 Å². The molecule has 0 aromatic heterocycles. The maximum absolute atomic E-state index is 13.1. The van der Waals surface area contributed by atoms with E-state index in [2.05, 4.69) is 5.32 Å². The summed E-state index contributed by atoms with van der Waals surface area (Å²) in [6, 6.07) is 16.3. The average molecular weight is 399 g/mol. The van der Waals surface area contributed by atoms with Crippen molar-refractivity contribution >= 4 is 23.6 Å². The molecule has 1 aliphatic rings. The summed E-state index contributed by atoms with van der Waals surface area (Å²) in [5.74, 6) is 0.518. The zero-order chi connectivity index (χ0) is 19.9. The number of fused-ring (bicyclic) bond motifs is 1. The molecule has 2 aromatic carbocycles. The third-order valence-corrected chi connectivity index (χ3v) is 5.68. The van der Waals surface area contributed by atoms with E-state index in [0.717, 1.165) is 16.9 Å². The number of nitrogens with one attached hydrogen (secondary N) is 1. The fourth-order valence-corrected chi connectivity index (χ4v) is 4.00. The van der Waals surface area contributed by atoms with Crippen molar-refractivity contribution in [1.29, 1.82) is 0 Å². The monoisotopic (exact) mass is 398 g/mol. The maximum atomic E-state index is 13.1. The van der Waals surface area contributed by atoms with Crippen LogP contribution in [0.2, 0.25) is 0 Å². The van der Waals surface area contributed by atoms with Crippen LogP contribution in [-0.2, 0) is 17.8 Å². The van der Waals surface area contributed by atoms with Crippen LogP contribution in [0.25, 0.3) is 0 Å². The second-order valence-corrected chi connectivity index (χ2v) is 7.95. The molecule has 28 heavy (non-hydrogen) atoms. The average Bonchev–Trinajstić information content (AvgIpc) is 3.06. The number of nitrogens with zero attached hydrogens (tertiary/aromatic N) is 1. The molecule has 6 heteroatoms. The number of thioether (sulfide) groups is 1. The lowest BCUT2D eigenvalue weighted by atomic mass is 10.0. The highest BCUT2D eigenvalue weighted by Crippen LogP contribution is 2.26. The Morgan fingerprint density at radius 2 is 1.89 bits per heavy atom. The fraction of sp³-hybridized carbons (Fsp3) is 0.364. The van der Waals surface area contributed by atoms with E-state index in [1.807, 2.05) is 60.9 Å². The molecule has 0 spiro atoms. The van der Waals surface area contributed by atoms with E-state index in [1.54, 1.807) is 16.7 Å². The molecule has 0 bridgehead atoms. The molecule has 5 nitrogen and oxygen atoms in total. The summed E-state index contributed by atoms with van der Waals surface area (Å²) in [6.45, 7) is 0.313. The molecule has 0 unspecified atom stereocenters. The first-order valence-corrected chi connectivity index (χ1v) is 10.9. The Balaban J connectivity index is 1.81. The van der Waals surface area contributed by atoms with Crippen LogP contribution in [0, 0.1) is 0 Å². The second-order valence-electron chi connectivity index (χ2n) is 6.97. The second kappa shape index (κ2) is 9.75. The highest BCUT2D eigenvalue weighted by molar-refractivity contribution is 7.98. The van der Waals surface area contributed by atoms with Gasteiger partial charge in [0.15, 0.2) is 0 Å². The summed E-state index contributed by atoms with van der Waals surface area (Å²) in [7, 11) is 0. The summed E-state index contributed by atoms with van der Waals surface area (Å²) < 4.78 is 0. The molecule has 0 radical (unpaired) electrons. The third-order valence-electron chi connectivity index (χ3n) is 5.04. The molecule has 2 N–H and O–H groups in total. The fourth-order valence-electron chi connectivity index (χ4n) is 3.48. The largest absolute Gasteiger partial charge is 0.394 e. The van der Waals surface area contributed by atoms with Crippen LogP contribution in [0.1, 0.15) is 27.9 Å². The number of hydrogen-bond acceptors (Lipinski definition) is 4. The van der Waals surface area contributed by atoms with Crippen LogP contribution in [0.5, 0.6) is 0 Å². The highest BCUT2D eigenvalue weighted by Gasteiger charge is 2.36. The number of aliphatic hydroxyl groups excluding tert-OH is 1. The molecule has 2 aromatic rings. The Hall–Kier alpha value is -2.31. The zero-order valence-electron chi connectivity index (χ0n) is 16.0. The van der Waals surface area contributed by atoms with Gasteiger partial charge in [-0.1, -0.05) is 48.5 Å². The summed E-state index contributed by atoms with van der Waals surface area (Å²) in [4.78, 5) is 27.7. The van der Waals surface area contributed by atoms with E-state index >= 15 is 0 Å². The Morgan fingerprint density at radius 1 is 1.18 bits per heavy atom. The zero-order valence-corrected chi connectivity index (χ0v) is 16.8. The highest BCUT2D eigenvalue weighted by atomic mass is 32.2. The van der Waals surface area contributed by atoms with Gasteiger partial charge < -0.3 is 15.3 Å². The number of hydrogen-bond donors (Lipinski definition) is 2. The summed E-state index contributed by atoms with van der Waals surface area (Å²) in [5.41, 5.74) is 2.60. The number of carbonyl (C=O) groups excluding carboxylic acids is 2. The molecule has 148 valence electrons. The van der Waals surface area contributed by atoms with E-state index < -0.39 is 6.04 Å². The number of carbonyl (C=O) groups is 2. The first-order valence-electron chi connectivity index (χ1n) is 9.47. The van der Waals surface area contributed by atoms with E-state index in [1.165, 1.54) is 0 Å². The lowest BCUT2D eigenvalue weighted by Crippen LogP contribution is -2.51. The minimum Gasteiger partial charge on any atom is -0.394 e. The van der Waals surface area contributed by atoms with Gasteiger partial charge in [-0.25, -0.2) is 0 Å². The lowest BCUT2D eigenvalue weighted by Gasteiger charge is -2.29. The van der Waals surface area contributed by atoms with Crippen molar-refractivity contribution < 1.29 is 14.7 Å². The summed E-state index contributed by atoms with van der Waals surface area (Å²) in [6.07, 6.45) is 3.12. The van der Waals surface area contributed by atoms with Gasteiger partial charge in [0.1, 0.15) is 6.04 Å². The number of rotatable bonds is 9. The van der Waals surface area contributed by atoms with Crippen molar-refractivity contribution in [3.8, 4) is 0 Å². The molecule has 0 aliphatic carbocycles. The molecular formula is C22H26N2O3S. The van der Waals surface area contributed by atoms with Crippen LogP contribution < -0.4 is 5.32 Å². The van der Waals surface area contributed by atoms with Crippen molar-refractivity contribution in [1.82, 2.24) is 10.2 Å². The molecule has 0 saturated heterocycles. The van der Waals surface area contributed by atoms with Crippen LogP contribution in [0.15, 0.2) is 54.6 Å². The van der Waals surface area contributed by atoms with Crippen LogP contribution >= 0.6 is 11.8 Å². The molecule has 0 fully saturated rings. The predicted octanol–water partition coefficient (Wildman–Crippen LogP) is 2.48. The standard InChI is InChI=1S/C22H26N2O3S/c1-28-12-11-18(15-25)23-21(26)20(13-16-7-3-2-4-8-16)24-14-17-9-5-6-10-19(17)22(24)27/h2-10,18,20,25H,11-15H2,1H3,(H,23,26)/t18-,20-/m1/s1. The number of benzene rings is 2. The smallest absolute Gasteiger partial charge is 0.255 e. The number of amides is 2. The van der Waals surface area contributed by atoms with E-state index in [9.17, 15) is 14.7 Å². The predicted molar refractivity (Wildman–Crippen MR) is 112 cm³/mol. The summed E-state index contributed by atoms with van der Waals surface area (Å²) >= 11 is 1.67. The van der Waals surface area contributed by atoms with Gasteiger partial charge in [-0.15, -0.1) is 0 Å². The topological polar surface area (TPSA) is 69.6 Å². The van der Waals surface area contributed by atoms with Gasteiger partial charge in [0, 0.05) is 18.5 Å². The Morgan fingerprint density at radius 3 is 2.57 bits per heavy atom. The quantitative estimate of drug-likeness (QED) is 0.681. The minimum absolute atomic E-state index is 0.113. The van der Waals surface area contributed by atoms with Crippen LogP contribution in [0.4, 0.5) is 0 Å². The van der Waals surface area contributed by atoms with Crippen molar-refractivity contribution in [3.63, 3.8) is 0 Å². The van der Waals surface area contributed by atoms with E-state index in [0.29, 0.717) is 24.9 Å². The van der Waals surface area contributed by atoms with Crippen molar-refractivity contribution in [3.05, 3.63) is 71.3 Å². The molecule has 1 heterocycles. The van der Waals surface area contributed by atoms with Gasteiger partial charge >= 0.3 is 0 Å². The molecule has 1 aliphatic heterocycles. The molecule has 3 rings (SSSR count). The van der Waals surface area contributed by atoms with E-state index in [4.69, 9.17) is 0 Å². The SMILES string of the molecule is CSCC[C@H](CO)NC(=O)[C@@H](Cc1ccccc1)N1Cc2ccccc2C1=O. The molecule has 2 atom stereocenters. The molecule has 0 saturated carbocycles.